The molecule has 6 nitrogen and oxygen atoms in total. The molecule has 2 aromatic heterocycles. The molecule has 152 valence electrons. The Morgan fingerprint density at radius 1 is 1.21 bits per heavy atom. The minimum Gasteiger partial charge on any atom is -0.348 e. The standard InChI is InChI=1S/C21H23Cl2N5O/c1-14(17-6-5-16(22)12-18(17)23)24-20(29)13-27-10-7-15(8-11-27)21-26-25-19-4-2-3-9-28(19)21/h2-6,9,12,14-15H,7-8,10-11,13H2,1H3,(H,24,29). The van der Waals surface area contributed by atoms with E-state index in [1.807, 2.05) is 37.4 Å². The van der Waals surface area contributed by atoms with E-state index in [9.17, 15) is 4.79 Å². The molecule has 1 atom stereocenters. The topological polar surface area (TPSA) is 62.5 Å². The summed E-state index contributed by atoms with van der Waals surface area (Å²) in [5, 5.41) is 12.8. The van der Waals surface area contributed by atoms with Crippen molar-refractivity contribution in [3.05, 3.63) is 64.0 Å². The first-order valence-corrected chi connectivity index (χ1v) is 10.5. The molecule has 1 amide bonds. The predicted molar refractivity (Wildman–Crippen MR) is 114 cm³/mol. The number of halogens is 2. The molecule has 4 rings (SSSR count). The number of rotatable bonds is 5. The predicted octanol–water partition coefficient (Wildman–Crippen LogP) is 4.09. The van der Waals surface area contributed by atoms with Crippen LogP contribution in [0.3, 0.4) is 0 Å². The Morgan fingerprint density at radius 3 is 2.76 bits per heavy atom. The van der Waals surface area contributed by atoms with Crippen molar-refractivity contribution >= 4 is 34.8 Å². The van der Waals surface area contributed by atoms with E-state index in [1.54, 1.807) is 12.1 Å². The first-order valence-electron chi connectivity index (χ1n) is 9.77. The van der Waals surface area contributed by atoms with Gasteiger partial charge in [-0.2, -0.15) is 0 Å². The molecule has 0 bridgehead atoms. The van der Waals surface area contributed by atoms with Crippen molar-refractivity contribution in [3.63, 3.8) is 0 Å². The van der Waals surface area contributed by atoms with E-state index < -0.39 is 0 Å². The summed E-state index contributed by atoms with van der Waals surface area (Å²) in [6.45, 7) is 4.02. The zero-order valence-electron chi connectivity index (χ0n) is 16.2. The minimum atomic E-state index is -0.174. The molecule has 0 saturated carbocycles. The van der Waals surface area contributed by atoms with Crippen LogP contribution in [0.4, 0.5) is 0 Å². The monoisotopic (exact) mass is 431 g/mol. The van der Waals surface area contributed by atoms with Crippen LogP contribution >= 0.6 is 23.2 Å². The molecule has 1 unspecified atom stereocenters. The smallest absolute Gasteiger partial charge is 0.234 e. The summed E-state index contributed by atoms with van der Waals surface area (Å²) in [5.74, 6) is 1.36. The van der Waals surface area contributed by atoms with E-state index in [0.29, 0.717) is 22.5 Å². The fraction of sp³-hybridized carbons (Fsp3) is 0.381. The van der Waals surface area contributed by atoms with Crippen LogP contribution in [0.5, 0.6) is 0 Å². The number of hydrogen-bond donors (Lipinski definition) is 1. The zero-order chi connectivity index (χ0) is 20.4. The molecule has 0 spiro atoms. The maximum atomic E-state index is 12.5. The summed E-state index contributed by atoms with van der Waals surface area (Å²) >= 11 is 12.2. The molecule has 3 heterocycles. The van der Waals surface area contributed by atoms with Crippen molar-refractivity contribution in [1.82, 2.24) is 24.8 Å². The van der Waals surface area contributed by atoms with Gasteiger partial charge in [0, 0.05) is 22.2 Å². The average molecular weight is 432 g/mol. The van der Waals surface area contributed by atoms with Gasteiger partial charge in [0.1, 0.15) is 5.82 Å². The third kappa shape index (κ3) is 4.55. The van der Waals surface area contributed by atoms with Crippen molar-refractivity contribution in [2.24, 2.45) is 0 Å². The molecule has 0 radical (unpaired) electrons. The Labute approximate surface area is 179 Å². The number of carbonyl (C=O) groups is 1. The SMILES string of the molecule is CC(NC(=O)CN1CCC(c2nnc3ccccn23)CC1)c1ccc(Cl)cc1Cl. The molecule has 3 aromatic rings. The number of fused-ring (bicyclic) bond motifs is 1. The summed E-state index contributed by atoms with van der Waals surface area (Å²) in [6.07, 6.45) is 3.93. The van der Waals surface area contributed by atoms with Crippen molar-refractivity contribution in [2.75, 3.05) is 19.6 Å². The summed E-state index contributed by atoms with van der Waals surface area (Å²) in [5.41, 5.74) is 1.74. The lowest BCUT2D eigenvalue weighted by Gasteiger charge is -2.31. The molecule has 8 heteroatoms. The highest BCUT2D eigenvalue weighted by Crippen LogP contribution is 2.28. The number of carbonyl (C=O) groups excluding carboxylic acids is 1. The van der Waals surface area contributed by atoms with E-state index in [-0.39, 0.29) is 11.9 Å². The van der Waals surface area contributed by atoms with Crippen molar-refractivity contribution in [3.8, 4) is 0 Å². The lowest BCUT2D eigenvalue weighted by atomic mass is 9.96. The Hall–Kier alpha value is -2.15. The third-order valence-corrected chi connectivity index (χ3v) is 6.03. The fourth-order valence-electron chi connectivity index (χ4n) is 3.91. The number of nitrogens with one attached hydrogen (secondary N) is 1. The van der Waals surface area contributed by atoms with Gasteiger partial charge in [-0.05, 0) is 62.7 Å². The number of hydrogen-bond acceptors (Lipinski definition) is 4. The molecule has 29 heavy (non-hydrogen) atoms. The van der Waals surface area contributed by atoms with Crippen LogP contribution in [0.1, 0.15) is 43.1 Å². The van der Waals surface area contributed by atoms with Crippen molar-refractivity contribution < 1.29 is 4.79 Å². The summed E-state index contributed by atoms with van der Waals surface area (Å²) in [6, 6.07) is 11.1. The van der Waals surface area contributed by atoms with E-state index in [4.69, 9.17) is 23.2 Å². The van der Waals surface area contributed by atoms with Crippen molar-refractivity contribution in [2.45, 2.75) is 31.7 Å². The van der Waals surface area contributed by atoms with E-state index in [2.05, 4.69) is 24.8 Å². The normalized spacial score (nSPS) is 16.8. The van der Waals surface area contributed by atoms with E-state index in [1.165, 1.54) is 0 Å². The minimum absolute atomic E-state index is 0.00473. The Kier molecular flexibility index (Phi) is 6.04. The van der Waals surface area contributed by atoms with Gasteiger partial charge in [0.25, 0.3) is 0 Å². The molecule has 0 aliphatic carbocycles. The van der Waals surface area contributed by atoms with Gasteiger partial charge < -0.3 is 5.32 Å². The third-order valence-electron chi connectivity index (χ3n) is 5.47. The molecular weight excluding hydrogens is 409 g/mol. The van der Waals surface area contributed by atoms with Gasteiger partial charge in [-0.25, -0.2) is 0 Å². The van der Waals surface area contributed by atoms with Crippen LogP contribution < -0.4 is 5.32 Å². The first kappa shape index (κ1) is 20.1. The van der Waals surface area contributed by atoms with Gasteiger partial charge in [-0.3, -0.25) is 14.1 Å². The van der Waals surface area contributed by atoms with E-state index in [0.717, 1.165) is 43.0 Å². The van der Waals surface area contributed by atoms with Crippen molar-refractivity contribution in [1.29, 1.82) is 0 Å². The fourth-order valence-corrected chi connectivity index (χ4v) is 4.48. The second-order valence-electron chi connectivity index (χ2n) is 7.49. The highest BCUT2D eigenvalue weighted by atomic mass is 35.5. The van der Waals surface area contributed by atoms with Gasteiger partial charge in [-0.1, -0.05) is 35.3 Å². The molecule has 1 aliphatic heterocycles. The number of amides is 1. The van der Waals surface area contributed by atoms with Gasteiger partial charge in [-0.15, -0.1) is 10.2 Å². The van der Waals surface area contributed by atoms with Gasteiger partial charge in [0.05, 0.1) is 12.6 Å². The summed E-state index contributed by atoms with van der Waals surface area (Å²) < 4.78 is 2.06. The van der Waals surface area contributed by atoms with Crippen LogP contribution in [-0.4, -0.2) is 45.0 Å². The highest BCUT2D eigenvalue weighted by Gasteiger charge is 2.25. The highest BCUT2D eigenvalue weighted by molar-refractivity contribution is 6.35. The van der Waals surface area contributed by atoms with Gasteiger partial charge >= 0.3 is 0 Å². The second kappa shape index (κ2) is 8.69. The number of benzene rings is 1. The number of nitrogens with zero attached hydrogens (tertiary/aromatic N) is 4. The maximum absolute atomic E-state index is 12.5. The van der Waals surface area contributed by atoms with E-state index >= 15 is 0 Å². The van der Waals surface area contributed by atoms with Gasteiger partial charge in [0.15, 0.2) is 5.65 Å². The Bertz CT molecular complexity index is 1010. The molecule has 1 saturated heterocycles. The number of likely N-dealkylation sites (tertiary alicyclic amines) is 1. The molecule has 1 fully saturated rings. The Morgan fingerprint density at radius 2 is 2.00 bits per heavy atom. The summed E-state index contributed by atoms with van der Waals surface area (Å²) in [7, 11) is 0. The van der Waals surface area contributed by atoms with Crippen LogP contribution in [-0.2, 0) is 4.79 Å². The number of piperidine rings is 1. The Balaban J connectivity index is 1.30. The number of pyridine rings is 1. The second-order valence-corrected chi connectivity index (χ2v) is 8.34. The average Bonchev–Trinajstić information content (AvgIpc) is 3.12. The maximum Gasteiger partial charge on any atom is 0.234 e. The molecular formula is C21H23Cl2N5O. The van der Waals surface area contributed by atoms with Gasteiger partial charge in [0.2, 0.25) is 5.91 Å². The molecule has 1 N–H and O–H groups in total. The largest absolute Gasteiger partial charge is 0.348 e. The summed E-state index contributed by atoms with van der Waals surface area (Å²) in [4.78, 5) is 14.7. The zero-order valence-corrected chi connectivity index (χ0v) is 17.7. The lowest BCUT2D eigenvalue weighted by molar-refractivity contribution is -0.123. The molecule has 1 aliphatic rings. The van der Waals surface area contributed by atoms with Crippen LogP contribution in [0.2, 0.25) is 10.0 Å². The quantitative estimate of drug-likeness (QED) is 0.660. The molecule has 1 aromatic carbocycles. The number of aromatic nitrogens is 3. The lowest BCUT2D eigenvalue weighted by Crippen LogP contribution is -2.42. The van der Waals surface area contributed by atoms with Crippen LogP contribution in [0, 0.1) is 0 Å². The van der Waals surface area contributed by atoms with Crippen LogP contribution in [0.15, 0.2) is 42.6 Å². The first-order chi connectivity index (χ1) is 14.0. The van der Waals surface area contributed by atoms with Crippen LogP contribution in [0.25, 0.3) is 5.65 Å².